The summed E-state index contributed by atoms with van der Waals surface area (Å²) in [6.45, 7) is 12.7. The molecule has 1 heterocycles. The van der Waals surface area contributed by atoms with Gasteiger partial charge in [0.2, 0.25) is 0 Å². The van der Waals surface area contributed by atoms with Crippen LogP contribution >= 0.6 is 0 Å². The number of benzene rings is 1. The molecule has 1 saturated heterocycles. The van der Waals surface area contributed by atoms with E-state index in [0.717, 1.165) is 6.42 Å². The first-order valence-corrected chi connectivity index (χ1v) is 7.39. The SMILES string of the molecule is CC/C(B1OC(C)(C)C(C)(C)O1)=C(/C)c1ccccc1. The lowest BCUT2D eigenvalue weighted by Gasteiger charge is -2.32. The second kappa shape index (κ2) is 5.38. The molecule has 0 aliphatic carbocycles. The zero-order chi connectivity index (χ0) is 15.0. The molecule has 1 aliphatic rings. The summed E-state index contributed by atoms with van der Waals surface area (Å²) < 4.78 is 12.4. The highest BCUT2D eigenvalue weighted by molar-refractivity contribution is 6.56. The van der Waals surface area contributed by atoms with Crippen molar-refractivity contribution in [3.63, 3.8) is 0 Å². The Morgan fingerprint density at radius 1 is 1.00 bits per heavy atom. The summed E-state index contributed by atoms with van der Waals surface area (Å²) in [6.07, 6.45) is 0.928. The predicted octanol–water partition coefficient (Wildman–Crippen LogP) is 4.50. The lowest BCUT2D eigenvalue weighted by Crippen LogP contribution is -2.41. The summed E-state index contributed by atoms with van der Waals surface area (Å²) in [5.41, 5.74) is 3.16. The summed E-state index contributed by atoms with van der Waals surface area (Å²) in [5.74, 6) is 0. The Kier molecular flexibility index (Phi) is 4.13. The molecule has 0 amide bonds. The molecule has 0 bridgehead atoms. The van der Waals surface area contributed by atoms with Crippen LogP contribution < -0.4 is 0 Å². The number of rotatable bonds is 3. The van der Waals surface area contributed by atoms with Crippen LogP contribution in [0.1, 0.15) is 53.5 Å². The Hall–Kier alpha value is -1.06. The van der Waals surface area contributed by atoms with E-state index < -0.39 is 0 Å². The highest BCUT2D eigenvalue weighted by Gasteiger charge is 2.52. The topological polar surface area (TPSA) is 18.5 Å². The van der Waals surface area contributed by atoms with Crippen molar-refractivity contribution in [2.75, 3.05) is 0 Å². The van der Waals surface area contributed by atoms with Gasteiger partial charge in [0.25, 0.3) is 0 Å². The molecule has 0 unspecified atom stereocenters. The molecule has 2 rings (SSSR count). The second-order valence-electron chi connectivity index (χ2n) is 6.46. The van der Waals surface area contributed by atoms with Crippen LogP contribution in [0.3, 0.4) is 0 Å². The third-order valence-electron chi connectivity index (χ3n) is 4.61. The first-order chi connectivity index (χ1) is 9.28. The van der Waals surface area contributed by atoms with Gasteiger partial charge in [0.15, 0.2) is 0 Å². The maximum atomic E-state index is 6.18. The van der Waals surface area contributed by atoms with Crippen LogP contribution in [0.4, 0.5) is 0 Å². The summed E-state index contributed by atoms with van der Waals surface area (Å²) in [7, 11) is -0.245. The van der Waals surface area contributed by atoms with Crippen molar-refractivity contribution in [3.8, 4) is 0 Å². The first kappa shape index (κ1) is 15.3. The molecule has 1 aliphatic heterocycles. The van der Waals surface area contributed by atoms with Crippen LogP contribution in [0.5, 0.6) is 0 Å². The molecular weight excluding hydrogens is 247 g/mol. The van der Waals surface area contributed by atoms with Gasteiger partial charge in [-0.3, -0.25) is 0 Å². The second-order valence-corrected chi connectivity index (χ2v) is 6.46. The summed E-state index contributed by atoms with van der Waals surface area (Å²) in [4.78, 5) is 0. The molecule has 20 heavy (non-hydrogen) atoms. The molecule has 3 heteroatoms. The normalized spacial score (nSPS) is 21.8. The van der Waals surface area contributed by atoms with Gasteiger partial charge in [0.05, 0.1) is 11.2 Å². The fourth-order valence-electron chi connectivity index (χ4n) is 2.47. The van der Waals surface area contributed by atoms with Gasteiger partial charge in [0.1, 0.15) is 0 Å². The molecule has 1 fully saturated rings. The standard InChI is InChI=1S/C17H25BO2/c1-7-15(13(2)14-11-9-8-10-12-14)18-19-16(3,4)17(5,6)20-18/h8-12H,7H2,1-6H3/b15-13+. The Labute approximate surface area is 123 Å². The van der Waals surface area contributed by atoms with E-state index >= 15 is 0 Å². The number of hydrogen-bond acceptors (Lipinski definition) is 2. The van der Waals surface area contributed by atoms with Crippen LogP contribution in [0, 0.1) is 0 Å². The zero-order valence-corrected chi connectivity index (χ0v) is 13.5. The molecule has 1 aromatic rings. The highest BCUT2D eigenvalue weighted by Crippen LogP contribution is 2.40. The van der Waals surface area contributed by atoms with E-state index in [0.29, 0.717) is 0 Å². The fourth-order valence-corrected chi connectivity index (χ4v) is 2.47. The molecule has 0 atom stereocenters. The molecule has 0 radical (unpaired) electrons. The summed E-state index contributed by atoms with van der Waals surface area (Å²) >= 11 is 0. The maximum absolute atomic E-state index is 6.18. The largest absolute Gasteiger partial charge is 0.490 e. The Morgan fingerprint density at radius 3 is 1.95 bits per heavy atom. The van der Waals surface area contributed by atoms with E-state index in [-0.39, 0.29) is 18.3 Å². The van der Waals surface area contributed by atoms with Crippen molar-refractivity contribution in [2.45, 2.75) is 59.2 Å². The van der Waals surface area contributed by atoms with Crippen LogP contribution in [-0.4, -0.2) is 18.3 Å². The fraction of sp³-hybridized carbons (Fsp3) is 0.529. The molecule has 0 saturated carbocycles. The third-order valence-corrected chi connectivity index (χ3v) is 4.61. The minimum absolute atomic E-state index is 0.245. The van der Waals surface area contributed by atoms with E-state index in [9.17, 15) is 0 Å². The minimum atomic E-state index is -0.283. The quantitative estimate of drug-likeness (QED) is 0.754. The van der Waals surface area contributed by atoms with Gasteiger partial charge >= 0.3 is 7.12 Å². The van der Waals surface area contributed by atoms with Crippen molar-refractivity contribution in [3.05, 3.63) is 41.4 Å². The minimum Gasteiger partial charge on any atom is -0.400 e. The van der Waals surface area contributed by atoms with E-state index in [1.54, 1.807) is 0 Å². The van der Waals surface area contributed by atoms with E-state index in [4.69, 9.17) is 9.31 Å². The van der Waals surface area contributed by atoms with E-state index in [1.807, 2.05) is 6.07 Å². The van der Waals surface area contributed by atoms with Crippen LogP contribution in [0.25, 0.3) is 5.57 Å². The Balaban J connectivity index is 2.35. The molecule has 1 aromatic carbocycles. The number of allylic oxidation sites excluding steroid dienone is 2. The summed E-state index contributed by atoms with van der Waals surface area (Å²) in [5, 5.41) is 0. The third kappa shape index (κ3) is 2.70. The maximum Gasteiger partial charge on any atom is 0.490 e. The molecule has 108 valence electrons. The molecule has 0 N–H and O–H groups in total. The highest BCUT2D eigenvalue weighted by atomic mass is 16.7. The van der Waals surface area contributed by atoms with Gasteiger partial charge < -0.3 is 9.31 Å². The van der Waals surface area contributed by atoms with Crippen LogP contribution in [-0.2, 0) is 9.31 Å². The summed E-state index contributed by atoms with van der Waals surface area (Å²) in [6, 6.07) is 10.4. The monoisotopic (exact) mass is 272 g/mol. The number of hydrogen-bond donors (Lipinski definition) is 0. The average Bonchev–Trinajstić information content (AvgIpc) is 2.60. The first-order valence-electron chi connectivity index (χ1n) is 7.39. The average molecular weight is 272 g/mol. The molecule has 0 spiro atoms. The lowest BCUT2D eigenvalue weighted by molar-refractivity contribution is 0.00578. The Bertz CT molecular complexity index is 487. The van der Waals surface area contributed by atoms with Crippen molar-refractivity contribution in [1.82, 2.24) is 0 Å². The molecule has 2 nitrogen and oxygen atoms in total. The smallest absolute Gasteiger partial charge is 0.400 e. The van der Waals surface area contributed by atoms with Gasteiger partial charge in [-0.1, -0.05) is 37.3 Å². The van der Waals surface area contributed by atoms with E-state index in [1.165, 1.54) is 16.6 Å². The van der Waals surface area contributed by atoms with Gasteiger partial charge in [-0.25, -0.2) is 0 Å². The van der Waals surface area contributed by atoms with Crippen LogP contribution in [0.2, 0.25) is 0 Å². The zero-order valence-electron chi connectivity index (χ0n) is 13.5. The lowest BCUT2D eigenvalue weighted by atomic mass is 9.72. The van der Waals surface area contributed by atoms with Gasteiger partial charge in [0, 0.05) is 0 Å². The van der Waals surface area contributed by atoms with Gasteiger partial charge in [-0.05, 0) is 57.6 Å². The molecule has 0 aromatic heterocycles. The van der Waals surface area contributed by atoms with Crippen molar-refractivity contribution < 1.29 is 9.31 Å². The van der Waals surface area contributed by atoms with Crippen molar-refractivity contribution in [1.29, 1.82) is 0 Å². The van der Waals surface area contributed by atoms with Gasteiger partial charge in [-0.15, -0.1) is 0 Å². The Morgan fingerprint density at radius 2 is 1.50 bits per heavy atom. The van der Waals surface area contributed by atoms with Crippen molar-refractivity contribution >= 4 is 12.7 Å². The predicted molar refractivity (Wildman–Crippen MR) is 85.4 cm³/mol. The molecular formula is C17H25BO2. The van der Waals surface area contributed by atoms with Crippen LogP contribution in [0.15, 0.2) is 35.8 Å². The van der Waals surface area contributed by atoms with Gasteiger partial charge in [-0.2, -0.15) is 0 Å². The van der Waals surface area contributed by atoms with Crippen molar-refractivity contribution in [2.24, 2.45) is 0 Å². The van der Waals surface area contributed by atoms with E-state index in [2.05, 4.69) is 65.8 Å².